The Bertz CT molecular complexity index is 851. The number of nitrogens with two attached hydrogens (primary N) is 1. The van der Waals surface area contributed by atoms with Gasteiger partial charge in [-0.05, 0) is 61.4 Å². The van der Waals surface area contributed by atoms with Gasteiger partial charge in [0.25, 0.3) is 0 Å². The van der Waals surface area contributed by atoms with Crippen molar-refractivity contribution in [2.24, 2.45) is 10.2 Å². The zero-order valence-electron chi connectivity index (χ0n) is 12.7. The van der Waals surface area contributed by atoms with Crippen molar-refractivity contribution >= 4 is 22.6 Å². The van der Waals surface area contributed by atoms with Crippen LogP contribution in [0.1, 0.15) is 16.7 Å². The molecule has 0 bridgehead atoms. The Kier molecular flexibility index (Phi) is 3.73. The van der Waals surface area contributed by atoms with E-state index in [1.807, 2.05) is 56.3 Å². The van der Waals surface area contributed by atoms with Gasteiger partial charge in [0, 0.05) is 16.8 Å². The van der Waals surface area contributed by atoms with Crippen molar-refractivity contribution in [3.8, 4) is 0 Å². The van der Waals surface area contributed by atoms with Gasteiger partial charge in [-0.25, -0.2) is 0 Å². The van der Waals surface area contributed by atoms with Crippen LogP contribution in [0, 0.1) is 13.8 Å². The first-order valence-electron chi connectivity index (χ1n) is 7.16. The second-order valence-corrected chi connectivity index (χ2v) is 5.35. The summed E-state index contributed by atoms with van der Waals surface area (Å²) in [6.07, 6.45) is 5.90. The van der Waals surface area contributed by atoms with Crippen LogP contribution in [0.3, 0.4) is 0 Å². The Morgan fingerprint density at radius 3 is 2.50 bits per heavy atom. The summed E-state index contributed by atoms with van der Waals surface area (Å²) in [6.45, 7) is 4.03. The highest BCUT2D eigenvalue weighted by molar-refractivity contribution is 5.82. The quantitative estimate of drug-likeness (QED) is 0.458. The fraction of sp³-hybridized carbons (Fsp3) is 0.105. The summed E-state index contributed by atoms with van der Waals surface area (Å²) in [6, 6.07) is 11.8. The molecule has 1 aliphatic carbocycles. The van der Waals surface area contributed by atoms with Crippen molar-refractivity contribution in [2.75, 3.05) is 5.73 Å². The molecule has 0 saturated carbocycles. The summed E-state index contributed by atoms with van der Waals surface area (Å²) < 4.78 is 0. The number of allylic oxidation sites excluding steroid dienone is 3. The topological polar surface area (TPSA) is 50.7 Å². The number of anilines is 1. The van der Waals surface area contributed by atoms with Gasteiger partial charge in [-0.3, -0.25) is 0 Å². The van der Waals surface area contributed by atoms with Crippen LogP contribution in [0.25, 0.3) is 5.57 Å². The van der Waals surface area contributed by atoms with Crippen LogP contribution in [-0.2, 0) is 0 Å². The fourth-order valence-electron chi connectivity index (χ4n) is 2.35. The van der Waals surface area contributed by atoms with Crippen molar-refractivity contribution in [1.29, 1.82) is 0 Å². The van der Waals surface area contributed by atoms with E-state index in [0.29, 0.717) is 0 Å². The minimum atomic E-state index is 0.735. The smallest absolute Gasteiger partial charge is 0.0944 e. The number of nitrogen functional groups attached to an aromatic ring is 1. The van der Waals surface area contributed by atoms with Crippen LogP contribution in [0.5, 0.6) is 0 Å². The highest BCUT2D eigenvalue weighted by atomic mass is 15.1. The zero-order chi connectivity index (χ0) is 15.5. The van der Waals surface area contributed by atoms with Gasteiger partial charge >= 0.3 is 0 Å². The first kappa shape index (κ1) is 14.1. The number of aryl methyl sites for hydroxylation is 2. The number of azo groups is 1. The van der Waals surface area contributed by atoms with E-state index in [9.17, 15) is 0 Å². The fourth-order valence-corrected chi connectivity index (χ4v) is 2.35. The highest BCUT2D eigenvalue weighted by Crippen LogP contribution is 2.31. The Morgan fingerprint density at radius 1 is 0.955 bits per heavy atom. The van der Waals surface area contributed by atoms with Crippen molar-refractivity contribution in [3.63, 3.8) is 0 Å². The molecule has 0 amide bonds. The van der Waals surface area contributed by atoms with Crippen LogP contribution < -0.4 is 5.73 Å². The minimum Gasteiger partial charge on any atom is -0.399 e. The molecule has 108 valence electrons. The van der Waals surface area contributed by atoms with Gasteiger partial charge in [0.05, 0.1) is 11.4 Å². The van der Waals surface area contributed by atoms with Crippen LogP contribution in [0.2, 0.25) is 0 Å². The molecular formula is C19H17N3. The van der Waals surface area contributed by atoms with Crippen molar-refractivity contribution in [2.45, 2.75) is 13.8 Å². The normalized spacial score (nSPS) is 13.1. The molecule has 0 aromatic heterocycles. The van der Waals surface area contributed by atoms with E-state index in [1.54, 1.807) is 0 Å². The number of rotatable bonds is 3. The van der Waals surface area contributed by atoms with Gasteiger partial charge in [0.15, 0.2) is 0 Å². The molecule has 3 nitrogen and oxygen atoms in total. The van der Waals surface area contributed by atoms with Gasteiger partial charge in [-0.15, -0.1) is 10.8 Å². The Labute approximate surface area is 130 Å². The maximum Gasteiger partial charge on any atom is 0.0944 e. The third-order valence-electron chi connectivity index (χ3n) is 3.53. The molecule has 0 saturated heterocycles. The number of nitrogens with zero attached hydrogens (tertiary/aromatic N) is 2. The van der Waals surface area contributed by atoms with E-state index in [-0.39, 0.29) is 0 Å². The summed E-state index contributed by atoms with van der Waals surface area (Å²) in [7, 11) is 0. The van der Waals surface area contributed by atoms with Crippen molar-refractivity contribution < 1.29 is 0 Å². The average Bonchev–Trinajstić information content (AvgIpc) is 3.00. The molecule has 0 atom stereocenters. The SMILES string of the molecule is Cc1ccc(C2=C=CC=C2)c(N=Nc2ccc(N)cc2C)c1. The van der Waals surface area contributed by atoms with Crippen molar-refractivity contribution in [3.05, 3.63) is 77.0 Å². The van der Waals surface area contributed by atoms with E-state index < -0.39 is 0 Å². The van der Waals surface area contributed by atoms with Gasteiger partial charge in [0.1, 0.15) is 0 Å². The van der Waals surface area contributed by atoms with Crippen LogP contribution in [-0.4, -0.2) is 0 Å². The maximum atomic E-state index is 5.77. The number of benzene rings is 2. The second kappa shape index (κ2) is 5.84. The van der Waals surface area contributed by atoms with E-state index in [4.69, 9.17) is 5.73 Å². The summed E-state index contributed by atoms with van der Waals surface area (Å²) in [4.78, 5) is 0. The zero-order valence-corrected chi connectivity index (χ0v) is 12.7. The van der Waals surface area contributed by atoms with E-state index in [2.05, 4.69) is 28.1 Å². The molecule has 2 aromatic carbocycles. The minimum absolute atomic E-state index is 0.735. The molecule has 3 heteroatoms. The number of hydrogen-bond donors (Lipinski definition) is 1. The lowest BCUT2D eigenvalue weighted by Crippen LogP contribution is -1.85. The Hall–Kier alpha value is -2.90. The second-order valence-electron chi connectivity index (χ2n) is 5.35. The molecule has 0 heterocycles. The molecule has 0 spiro atoms. The van der Waals surface area contributed by atoms with Crippen LogP contribution >= 0.6 is 0 Å². The lowest BCUT2D eigenvalue weighted by atomic mass is 10.0. The van der Waals surface area contributed by atoms with Crippen LogP contribution in [0.15, 0.2) is 70.6 Å². The molecule has 0 aliphatic heterocycles. The van der Waals surface area contributed by atoms with E-state index in [1.165, 1.54) is 0 Å². The lowest BCUT2D eigenvalue weighted by Gasteiger charge is -2.05. The average molecular weight is 287 g/mol. The molecular weight excluding hydrogens is 270 g/mol. The van der Waals surface area contributed by atoms with Gasteiger partial charge in [-0.1, -0.05) is 18.2 Å². The molecule has 0 unspecified atom stereocenters. The standard InChI is InChI=1S/C19H17N3/c1-13-7-9-17(15-5-3-4-6-15)19(11-13)22-21-18-10-8-16(20)12-14(18)2/h3-5,7-12H,20H2,1-2H3. The highest BCUT2D eigenvalue weighted by Gasteiger charge is 2.07. The van der Waals surface area contributed by atoms with Crippen molar-refractivity contribution in [1.82, 2.24) is 0 Å². The van der Waals surface area contributed by atoms with Crippen LogP contribution in [0.4, 0.5) is 17.1 Å². The lowest BCUT2D eigenvalue weighted by molar-refractivity contribution is 1.20. The summed E-state index contributed by atoms with van der Waals surface area (Å²) >= 11 is 0. The monoisotopic (exact) mass is 287 g/mol. The Balaban J connectivity index is 2.01. The molecule has 3 rings (SSSR count). The number of hydrogen-bond acceptors (Lipinski definition) is 3. The summed E-state index contributed by atoms with van der Waals surface area (Å²) in [5, 5.41) is 8.83. The maximum absolute atomic E-state index is 5.77. The largest absolute Gasteiger partial charge is 0.399 e. The molecule has 2 N–H and O–H groups in total. The molecule has 2 aromatic rings. The molecule has 0 fully saturated rings. The predicted octanol–water partition coefficient (Wildman–Crippen LogP) is 5.41. The third-order valence-corrected chi connectivity index (χ3v) is 3.53. The molecule has 22 heavy (non-hydrogen) atoms. The Morgan fingerprint density at radius 2 is 1.77 bits per heavy atom. The summed E-state index contributed by atoms with van der Waals surface area (Å²) in [5.74, 6) is 0. The molecule has 0 radical (unpaired) electrons. The summed E-state index contributed by atoms with van der Waals surface area (Å²) in [5.41, 5.74) is 15.6. The predicted molar refractivity (Wildman–Crippen MR) is 91.6 cm³/mol. The van der Waals surface area contributed by atoms with Gasteiger partial charge < -0.3 is 5.73 Å². The van der Waals surface area contributed by atoms with Gasteiger partial charge in [-0.2, -0.15) is 5.11 Å². The first-order valence-corrected chi connectivity index (χ1v) is 7.16. The first-order chi connectivity index (χ1) is 10.6. The third kappa shape index (κ3) is 2.90. The van der Waals surface area contributed by atoms with Gasteiger partial charge in [0.2, 0.25) is 0 Å². The van der Waals surface area contributed by atoms with E-state index >= 15 is 0 Å². The molecule has 1 aliphatic rings. The van der Waals surface area contributed by atoms with E-state index in [0.717, 1.165) is 39.3 Å².